The summed E-state index contributed by atoms with van der Waals surface area (Å²) in [5.74, 6) is 4.01. The number of alkyl halides is 1. The average Bonchev–Trinajstić information content (AvgIpc) is 3.01. The topological polar surface area (TPSA) is 224 Å². The Hall–Kier alpha value is -1.22. The summed E-state index contributed by atoms with van der Waals surface area (Å²) in [7, 11) is -4.08. The largest absolute Gasteiger partial charge is 1.00 e. The number of esters is 2. The van der Waals surface area contributed by atoms with Gasteiger partial charge in [-0.05, 0) is 24.3 Å². The van der Waals surface area contributed by atoms with Gasteiger partial charge in [-0.15, -0.1) is 12.8 Å². The van der Waals surface area contributed by atoms with Crippen molar-refractivity contribution >= 4 is 65.4 Å². The van der Waals surface area contributed by atoms with Gasteiger partial charge in [0.15, 0.2) is 26.3 Å². The molecule has 0 bridgehead atoms. The number of phenols is 1. The molecule has 0 aliphatic rings. The van der Waals surface area contributed by atoms with Crippen molar-refractivity contribution in [2.24, 2.45) is 0 Å². The first-order valence-electron chi connectivity index (χ1n) is 11.8. The number of phenolic OH excluding ortho intramolecular Hbond substituents is 1. The molecular formula is C27H33BrK2N2O13S2. The number of methoxy groups -OCH3 is 2. The minimum Gasteiger partial charge on any atom is -1.00 e. The third-order valence-corrected chi connectivity index (χ3v) is 7.17. The van der Waals surface area contributed by atoms with Gasteiger partial charge in [0.2, 0.25) is 0 Å². The number of sulfone groups is 2. The molecule has 0 aliphatic carbocycles. The number of terminal acetylenes is 2. The monoisotopic (exact) mass is 814 g/mol. The van der Waals surface area contributed by atoms with Crippen LogP contribution in [0.5, 0.6) is 11.5 Å². The Morgan fingerprint density at radius 2 is 1.34 bits per heavy atom. The first kappa shape index (κ1) is 52.6. The van der Waals surface area contributed by atoms with E-state index in [9.17, 15) is 31.5 Å². The zero-order chi connectivity index (χ0) is 35.1. The average molecular weight is 816 g/mol. The van der Waals surface area contributed by atoms with Gasteiger partial charge in [-0.25, -0.2) is 21.6 Å². The molecule has 15 nitrogen and oxygen atoms in total. The number of anilines is 2. The van der Waals surface area contributed by atoms with Crippen molar-refractivity contribution < 1.29 is 165 Å². The van der Waals surface area contributed by atoms with E-state index in [1.807, 2.05) is 0 Å². The Morgan fingerprint density at radius 3 is 1.68 bits per heavy atom. The number of carbonyl (C=O) groups excluding carboxylic acids is 3. The van der Waals surface area contributed by atoms with Crippen LogP contribution < -0.4 is 123 Å². The molecule has 0 aromatic heterocycles. The van der Waals surface area contributed by atoms with E-state index in [-0.39, 0.29) is 163 Å². The van der Waals surface area contributed by atoms with E-state index < -0.39 is 25.6 Å². The van der Waals surface area contributed by atoms with Gasteiger partial charge in [-0.1, -0.05) is 27.8 Å². The van der Waals surface area contributed by atoms with Crippen molar-refractivity contribution in [1.29, 1.82) is 0 Å². The van der Waals surface area contributed by atoms with Crippen LogP contribution in [0.2, 0.25) is 0 Å². The maximum Gasteiger partial charge on any atom is 1.00 e. The van der Waals surface area contributed by atoms with Gasteiger partial charge in [-0.2, -0.15) is 0 Å². The summed E-state index contributed by atoms with van der Waals surface area (Å²) in [6.45, 7) is 0.00698. The van der Waals surface area contributed by atoms with E-state index >= 15 is 0 Å². The van der Waals surface area contributed by atoms with Crippen LogP contribution in [0.15, 0.2) is 46.2 Å². The molecule has 2 aromatic rings. The Balaban J connectivity index is -0.000000194. The molecule has 0 radical (unpaired) electrons. The summed E-state index contributed by atoms with van der Waals surface area (Å²) in [5.41, 5.74) is 0.916. The molecule has 0 atom stereocenters. The molecule has 0 amide bonds. The third kappa shape index (κ3) is 25.4. The van der Waals surface area contributed by atoms with Crippen molar-refractivity contribution in [2.45, 2.75) is 9.79 Å². The molecule has 2 aromatic carbocycles. The second kappa shape index (κ2) is 29.7. The fraction of sp³-hybridized carbons (Fsp3) is 0.296. The van der Waals surface area contributed by atoms with Crippen LogP contribution in [0.4, 0.5) is 11.4 Å². The Morgan fingerprint density at radius 1 is 0.915 bits per heavy atom. The zero-order valence-corrected chi connectivity index (χ0v) is 36.0. The van der Waals surface area contributed by atoms with E-state index in [4.69, 9.17) is 27.6 Å². The number of aromatic hydroxyl groups is 1. The molecule has 2 rings (SSSR count). The second-order valence-corrected chi connectivity index (χ2v) is 12.4. The number of benzene rings is 2. The van der Waals surface area contributed by atoms with Crippen LogP contribution in [0, 0.1) is 24.7 Å². The molecule has 47 heavy (non-hydrogen) atoms. The molecule has 20 heteroatoms. The molecule has 0 aliphatic heterocycles. The minimum atomic E-state index is -3.37. The fourth-order valence-corrected chi connectivity index (χ4v) is 3.94. The smallest absolute Gasteiger partial charge is 1.00 e. The number of ether oxygens (including phenoxy) is 3. The molecule has 0 fully saturated rings. The summed E-state index contributed by atoms with van der Waals surface area (Å²) < 4.78 is 59.2. The van der Waals surface area contributed by atoms with Gasteiger partial charge in [0.05, 0.1) is 48.5 Å². The van der Waals surface area contributed by atoms with Crippen molar-refractivity contribution in [2.75, 3.05) is 62.4 Å². The zero-order valence-electron chi connectivity index (χ0n) is 27.6. The van der Waals surface area contributed by atoms with Crippen LogP contribution in [-0.2, 0) is 48.4 Å². The number of carbonyl (C=O) groups is 3. The third-order valence-electron chi connectivity index (χ3n) is 4.49. The van der Waals surface area contributed by atoms with Crippen molar-refractivity contribution in [3.05, 3.63) is 36.4 Å². The maximum absolute atomic E-state index is 11.5. The standard InChI is InChI=1S/C13H15NO5S.C10H11NO3S.C3H5BrO2.CH2O3.2K.H/c1-4-7-14-11-6-5-10(20(3,16)17)8-12(11)19-9-13(15)18-2;1-3-6-11-9-5-4-8(7-10(9)12)15(2,13)14;1-6-3(5)2-4;2-1-4-3;;;/h1,5-6,8,14H,7,9H2,2-3H3;1,4-5,7,11-12H,6H2,2H3;2H2,1H3;1,3H;;;/q;;;;2*+1;-1/p-1. The van der Waals surface area contributed by atoms with Crippen LogP contribution in [0.3, 0.4) is 0 Å². The van der Waals surface area contributed by atoms with Crippen LogP contribution in [-0.4, -0.2) is 92.1 Å². The van der Waals surface area contributed by atoms with Gasteiger partial charge < -0.3 is 41.5 Å². The summed E-state index contributed by atoms with van der Waals surface area (Å²) in [6, 6.07) is 8.36. The Labute approximate surface area is 369 Å². The van der Waals surface area contributed by atoms with Crippen LogP contribution >= 0.6 is 15.9 Å². The SMILES string of the molecule is C#CCNc1ccc(S(C)(=O)=O)cc1O.C#CCNc1ccc(S(C)(=O)=O)cc1OCC(=O)OC.COC(=O)CBr.O=CO[O-].[H-].[K+].[K+]. The van der Waals surface area contributed by atoms with Crippen molar-refractivity contribution in [3.63, 3.8) is 0 Å². The number of hydrogen-bond acceptors (Lipinski definition) is 15. The summed E-state index contributed by atoms with van der Waals surface area (Å²) in [6.07, 6.45) is 12.3. The first-order chi connectivity index (χ1) is 21.0. The molecular weight excluding hydrogens is 783 g/mol. The predicted octanol–water partition coefficient (Wildman–Crippen LogP) is -5.36. The van der Waals surface area contributed by atoms with Crippen molar-refractivity contribution in [1.82, 2.24) is 0 Å². The quantitative estimate of drug-likeness (QED) is 0.0282. The Kier molecular flexibility index (Phi) is 33.2. The molecule has 0 spiro atoms. The summed E-state index contributed by atoms with van der Waals surface area (Å²) in [4.78, 5) is 32.4. The van der Waals surface area contributed by atoms with E-state index in [2.05, 4.69) is 52.8 Å². The minimum absolute atomic E-state index is 0. The molecule has 0 unspecified atom stereocenters. The number of nitrogens with one attached hydrogen (secondary N) is 2. The van der Waals surface area contributed by atoms with Gasteiger partial charge in [-0.3, -0.25) is 9.59 Å². The fourth-order valence-electron chi connectivity index (χ4n) is 2.43. The van der Waals surface area contributed by atoms with Gasteiger partial charge >= 0.3 is 115 Å². The van der Waals surface area contributed by atoms with Crippen molar-refractivity contribution in [3.8, 4) is 36.2 Å². The summed E-state index contributed by atoms with van der Waals surface area (Å²) in [5, 5.41) is 23.8. The first-order valence-corrected chi connectivity index (χ1v) is 16.7. The predicted molar refractivity (Wildman–Crippen MR) is 167 cm³/mol. The molecule has 250 valence electrons. The normalized spacial score (nSPS) is 9.28. The molecule has 0 saturated heterocycles. The van der Waals surface area contributed by atoms with Gasteiger partial charge in [0, 0.05) is 24.6 Å². The van der Waals surface area contributed by atoms with Crippen LogP contribution in [0.1, 0.15) is 1.43 Å². The van der Waals surface area contributed by atoms with E-state index in [1.165, 1.54) is 50.6 Å². The Bertz CT molecular complexity index is 1560. The van der Waals surface area contributed by atoms with Gasteiger partial charge in [0.25, 0.3) is 6.47 Å². The van der Waals surface area contributed by atoms with E-state index in [0.29, 0.717) is 11.4 Å². The maximum atomic E-state index is 11.5. The number of rotatable bonds is 11. The van der Waals surface area contributed by atoms with Crippen LogP contribution in [0.25, 0.3) is 0 Å². The van der Waals surface area contributed by atoms with E-state index in [1.54, 1.807) is 0 Å². The molecule has 0 saturated carbocycles. The molecule has 0 heterocycles. The van der Waals surface area contributed by atoms with E-state index in [0.717, 1.165) is 12.5 Å². The number of halogens is 1. The second-order valence-electron chi connectivity index (χ2n) is 7.76. The molecule has 3 N–H and O–H groups in total. The van der Waals surface area contributed by atoms with Gasteiger partial charge in [0.1, 0.15) is 16.8 Å². The number of hydrogen-bond donors (Lipinski definition) is 3. The summed E-state index contributed by atoms with van der Waals surface area (Å²) >= 11 is 2.90.